The van der Waals surface area contributed by atoms with E-state index in [4.69, 9.17) is 5.73 Å². The van der Waals surface area contributed by atoms with Crippen molar-refractivity contribution in [3.05, 3.63) is 29.8 Å². The van der Waals surface area contributed by atoms with Gasteiger partial charge in [0, 0.05) is 6.07 Å². The molecule has 0 fully saturated rings. The molecule has 3 rings (SSSR count). The largest absolute Gasteiger partial charge is 0.586 e. The van der Waals surface area contributed by atoms with Gasteiger partial charge in [0.05, 0.1) is 10.5 Å². The summed E-state index contributed by atoms with van der Waals surface area (Å²) < 4.78 is 60.1. The number of fused-ring (bicyclic) bond motifs is 1. The molecule has 1 aliphatic rings. The molecule has 2 heterocycles. The first-order valence-electron chi connectivity index (χ1n) is 7.83. The number of alkyl halides is 2. The number of ether oxygens (including phenoxy) is 2. The van der Waals surface area contributed by atoms with Gasteiger partial charge in [0.2, 0.25) is 9.84 Å². The van der Waals surface area contributed by atoms with Crippen molar-refractivity contribution in [1.29, 1.82) is 0 Å². The third-order valence-electron chi connectivity index (χ3n) is 3.71. The van der Waals surface area contributed by atoms with Crippen LogP contribution in [0.5, 0.6) is 11.5 Å². The number of carbonyl (C=O) groups excluding carboxylic acids is 2. The molecule has 0 atom stereocenters. The number of hydrogen-bond donors (Lipinski definition) is 3. The Bertz CT molecular complexity index is 1120. The molecule has 1 aromatic carbocycles. The predicted molar refractivity (Wildman–Crippen MR) is 95.9 cm³/mol. The molecule has 0 bridgehead atoms. The fraction of sp³-hybridized carbons (Fsp3) is 0.250. The van der Waals surface area contributed by atoms with Crippen LogP contribution in [0.1, 0.15) is 24.2 Å². The van der Waals surface area contributed by atoms with Crippen molar-refractivity contribution < 1.29 is 41.4 Å². The molecule has 13 heteroatoms. The summed E-state index contributed by atoms with van der Waals surface area (Å²) in [6.45, 7) is 2.39. The van der Waals surface area contributed by atoms with Crippen LogP contribution in [0, 0.1) is 0 Å². The fourth-order valence-electron chi connectivity index (χ4n) is 2.25. The minimum Gasteiger partial charge on any atom is -0.395 e. The number of rotatable bonds is 5. The molecule has 29 heavy (non-hydrogen) atoms. The highest BCUT2D eigenvalue weighted by Gasteiger charge is 2.44. The number of nitrogens with two attached hydrogens (primary N) is 1. The Morgan fingerprint density at radius 3 is 2.41 bits per heavy atom. The number of sulfone groups is 1. The molecule has 0 radical (unpaired) electrons. The van der Waals surface area contributed by atoms with Gasteiger partial charge in [-0.15, -0.1) is 20.1 Å². The molecule has 0 aliphatic carbocycles. The number of anilines is 1. The van der Waals surface area contributed by atoms with Gasteiger partial charge < -0.3 is 25.6 Å². The summed E-state index contributed by atoms with van der Waals surface area (Å²) >= 11 is 0.515. The number of hydrogen-bond acceptors (Lipinski definition) is 8. The number of benzene rings is 1. The lowest BCUT2D eigenvalue weighted by Gasteiger charge is -2.16. The van der Waals surface area contributed by atoms with Crippen LogP contribution in [0.2, 0.25) is 0 Å². The van der Waals surface area contributed by atoms with Crippen molar-refractivity contribution in [2.45, 2.75) is 34.8 Å². The first-order valence-corrected chi connectivity index (χ1v) is 10.1. The smallest absolute Gasteiger partial charge is 0.395 e. The summed E-state index contributed by atoms with van der Waals surface area (Å²) in [5.74, 6) is -2.72. The van der Waals surface area contributed by atoms with Crippen molar-refractivity contribution in [2.75, 3.05) is 5.32 Å². The molecule has 0 unspecified atom stereocenters. The molecule has 9 nitrogen and oxygen atoms in total. The van der Waals surface area contributed by atoms with Crippen LogP contribution >= 0.6 is 11.3 Å². The Kier molecular flexibility index (Phi) is 4.80. The molecular formula is C16H14F2N2O7S2. The number of amides is 2. The summed E-state index contributed by atoms with van der Waals surface area (Å²) in [6, 6.07) is 3.83. The maximum absolute atomic E-state index is 13.1. The number of halogens is 2. The lowest BCUT2D eigenvalue weighted by Crippen LogP contribution is -2.36. The molecule has 2 aromatic rings. The van der Waals surface area contributed by atoms with Crippen molar-refractivity contribution in [2.24, 2.45) is 5.73 Å². The van der Waals surface area contributed by atoms with Gasteiger partial charge in [-0.1, -0.05) is 0 Å². The Morgan fingerprint density at radius 2 is 1.83 bits per heavy atom. The SMILES string of the molecule is CC(C)(O)C(=O)Nc1sc(S(=O)(=O)c2ccc3c(c2)OC(F)(F)O3)cc1C(N)=O. The van der Waals surface area contributed by atoms with Gasteiger partial charge >= 0.3 is 6.29 Å². The minimum absolute atomic E-state index is 0.185. The van der Waals surface area contributed by atoms with E-state index in [1.807, 2.05) is 0 Å². The second kappa shape index (κ2) is 6.64. The van der Waals surface area contributed by atoms with Gasteiger partial charge in [-0.3, -0.25) is 9.59 Å². The second-order valence-electron chi connectivity index (χ2n) is 6.47. The minimum atomic E-state index is -4.29. The van der Waals surface area contributed by atoms with E-state index in [-0.39, 0.29) is 20.5 Å². The summed E-state index contributed by atoms with van der Waals surface area (Å²) in [6.07, 6.45) is -3.92. The zero-order valence-corrected chi connectivity index (χ0v) is 16.5. The summed E-state index contributed by atoms with van der Waals surface area (Å²) in [4.78, 5) is 23.2. The van der Waals surface area contributed by atoms with Crippen LogP contribution in [-0.2, 0) is 14.6 Å². The highest BCUT2D eigenvalue weighted by atomic mass is 32.2. The summed E-state index contributed by atoms with van der Waals surface area (Å²) in [5, 5.41) is 11.8. The first-order chi connectivity index (χ1) is 13.2. The average Bonchev–Trinajstić information content (AvgIpc) is 3.12. The number of thiophene rings is 1. The average molecular weight is 448 g/mol. The number of nitrogens with one attached hydrogen (secondary N) is 1. The van der Waals surface area contributed by atoms with Crippen molar-refractivity contribution in [1.82, 2.24) is 0 Å². The number of aliphatic hydroxyl groups is 1. The highest BCUT2D eigenvalue weighted by Crippen LogP contribution is 2.43. The van der Waals surface area contributed by atoms with Crippen LogP contribution < -0.4 is 20.5 Å². The molecule has 1 aliphatic heterocycles. The van der Waals surface area contributed by atoms with E-state index >= 15 is 0 Å². The quantitative estimate of drug-likeness (QED) is 0.631. The van der Waals surface area contributed by atoms with Gasteiger partial charge in [0.25, 0.3) is 11.8 Å². The van der Waals surface area contributed by atoms with E-state index in [9.17, 15) is 31.9 Å². The Balaban J connectivity index is 2.01. The number of primary amides is 1. The summed E-state index contributed by atoms with van der Waals surface area (Å²) in [5.41, 5.74) is 3.14. The molecule has 4 N–H and O–H groups in total. The van der Waals surface area contributed by atoms with Gasteiger partial charge in [0.15, 0.2) is 11.5 Å². The summed E-state index contributed by atoms with van der Waals surface area (Å²) in [7, 11) is -4.29. The van der Waals surface area contributed by atoms with E-state index in [0.29, 0.717) is 11.3 Å². The van der Waals surface area contributed by atoms with Crippen LogP contribution in [0.4, 0.5) is 13.8 Å². The predicted octanol–water partition coefficient (Wildman–Crippen LogP) is 1.71. The first kappa shape index (κ1) is 21.0. The van der Waals surface area contributed by atoms with Crippen molar-refractivity contribution in [3.63, 3.8) is 0 Å². The van der Waals surface area contributed by atoms with Crippen LogP contribution in [0.25, 0.3) is 0 Å². The zero-order valence-electron chi connectivity index (χ0n) is 14.9. The van der Waals surface area contributed by atoms with Gasteiger partial charge in [-0.2, -0.15) is 0 Å². The molecule has 0 saturated carbocycles. The maximum atomic E-state index is 13.1. The monoisotopic (exact) mass is 448 g/mol. The van der Waals surface area contributed by atoms with Gasteiger partial charge in [-0.05, 0) is 32.0 Å². The molecular weight excluding hydrogens is 434 g/mol. The molecule has 2 amide bonds. The third-order valence-corrected chi connectivity index (χ3v) is 6.98. The highest BCUT2D eigenvalue weighted by molar-refractivity contribution is 7.93. The third kappa shape index (κ3) is 4.02. The molecule has 156 valence electrons. The van der Waals surface area contributed by atoms with Crippen LogP contribution in [0.15, 0.2) is 33.4 Å². The van der Waals surface area contributed by atoms with E-state index < -0.39 is 44.2 Å². The molecule has 0 saturated heterocycles. The topological polar surface area (TPSA) is 145 Å². The van der Waals surface area contributed by atoms with Gasteiger partial charge in [0.1, 0.15) is 14.8 Å². The van der Waals surface area contributed by atoms with Crippen LogP contribution in [0.3, 0.4) is 0 Å². The normalized spacial score (nSPS) is 15.2. The van der Waals surface area contributed by atoms with Crippen molar-refractivity contribution >= 4 is 38.0 Å². The lowest BCUT2D eigenvalue weighted by molar-refractivity contribution is -0.286. The Labute approximate surface area is 167 Å². The molecule has 1 aromatic heterocycles. The van der Waals surface area contributed by atoms with Crippen LogP contribution in [-0.4, -0.2) is 37.2 Å². The van der Waals surface area contributed by atoms with E-state index in [1.165, 1.54) is 13.8 Å². The fourth-order valence-corrected chi connectivity index (χ4v) is 5.03. The Hall–Kier alpha value is -2.77. The standard InChI is InChI=1S/C16H14F2N2O7S2/c1-15(2,23)14(22)20-13-8(12(19)21)6-11(28-13)29(24,25)7-3-4-9-10(5-7)27-16(17,18)26-9/h3-6,23H,1-2H3,(H2,19,21)(H,20,22). The maximum Gasteiger partial charge on any atom is 0.586 e. The van der Waals surface area contributed by atoms with E-state index in [2.05, 4.69) is 14.8 Å². The van der Waals surface area contributed by atoms with Crippen molar-refractivity contribution in [3.8, 4) is 11.5 Å². The molecule has 0 spiro atoms. The van der Waals surface area contributed by atoms with Gasteiger partial charge in [-0.25, -0.2) is 8.42 Å². The van der Waals surface area contributed by atoms with E-state index in [1.54, 1.807) is 0 Å². The Morgan fingerprint density at radius 1 is 1.21 bits per heavy atom. The zero-order chi connectivity index (χ0) is 21.8. The number of carbonyl (C=O) groups is 2. The lowest BCUT2D eigenvalue weighted by atomic mass is 10.1. The van der Waals surface area contributed by atoms with E-state index in [0.717, 1.165) is 24.3 Å². The second-order valence-corrected chi connectivity index (χ2v) is 9.69.